The number of unbranched alkanes of at least 4 members (excludes halogenated alkanes) is 4. The lowest BCUT2D eigenvalue weighted by atomic mass is 9.97. The van der Waals surface area contributed by atoms with Gasteiger partial charge in [0.05, 0.1) is 6.61 Å². The number of halogens is 3. The van der Waals surface area contributed by atoms with Crippen molar-refractivity contribution in [1.82, 2.24) is 0 Å². The third-order valence-corrected chi connectivity index (χ3v) is 4.10. The maximum absolute atomic E-state index is 13.2. The smallest absolute Gasteiger partial charge is 0.407 e. The zero-order chi connectivity index (χ0) is 17.6. The molecule has 132 valence electrons. The second-order valence-corrected chi connectivity index (χ2v) is 5.98. The van der Waals surface area contributed by atoms with Crippen LogP contribution in [0.25, 0.3) is 10.8 Å². The molecule has 0 amide bonds. The van der Waals surface area contributed by atoms with E-state index in [4.69, 9.17) is 10.5 Å². The maximum atomic E-state index is 13.2. The summed E-state index contributed by atoms with van der Waals surface area (Å²) < 4.78 is 45.2. The van der Waals surface area contributed by atoms with Crippen LogP contribution in [0.1, 0.15) is 50.6 Å². The van der Waals surface area contributed by atoms with E-state index in [2.05, 4.69) is 6.92 Å². The maximum Gasteiger partial charge on any atom is 0.407 e. The Hall–Kier alpha value is -1.75. The Bertz CT molecular complexity index is 655. The molecule has 0 spiro atoms. The molecule has 2 N–H and O–H groups in total. The minimum atomic E-state index is -4.51. The van der Waals surface area contributed by atoms with Crippen LogP contribution >= 0.6 is 0 Å². The first-order valence-electron chi connectivity index (χ1n) is 8.42. The third-order valence-electron chi connectivity index (χ3n) is 4.10. The van der Waals surface area contributed by atoms with Gasteiger partial charge in [-0.15, -0.1) is 0 Å². The fraction of sp³-hybridized carbons (Fsp3) is 0.474. The van der Waals surface area contributed by atoms with Crippen molar-refractivity contribution in [2.45, 2.75) is 51.2 Å². The van der Waals surface area contributed by atoms with Gasteiger partial charge in [-0.1, -0.05) is 62.9 Å². The van der Waals surface area contributed by atoms with E-state index in [0.29, 0.717) is 12.0 Å². The molecule has 0 unspecified atom stereocenters. The van der Waals surface area contributed by atoms with Gasteiger partial charge in [0.2, 0.25) is 0 Å². The fourth-order valence-corrected chi connectivity index (χ4v) is 2.77. The van der Waals surface area contributed by atoms with E-state index >= 15 is 0 Å². The van der Waals surface area contributed by atoms with E-state index in [0.717, 1.165) is 31.1 Å². The summed E-state index contributed by atoms with van der Waals surface area (Å²) in [5.74, 6) is 0.231. The van der Waals surface area contributed by atoms with Crippen molar-refractivity contribution in [2.75, 3.05) is 6.61 Å². The number of ether oxygens (including phenoxy) is 1. The highest BCUT2D eigenvalue weighted by Crippen LogP contribution is 2.39. The quantitative estimate of drug-likeness (QED) is 0.621. The number of nitrogens with two attached hydrogens (primary N) is 1. The van der Waals surface area contributed by atoms with Crippen LogP contribution < -0.4 is 10.5 Å². The summed E-state index contributed by atoms with van der Waals surface area (Å²) in [7, 11) is 0. The fourth-order valence-electron chi connectivity index (χ4n) is 2.77. The molecule has 2 rings (SSSR count). The highest BCUT2D eigenvalue weighted by atomic mass is 19.4. The minimum Gasteiger partial charge on any atom is -0.493 e. The molecule has 24 heavy (non-hydrogen) atoms. The van der Waals surface area contributed by atoms with Gasteiger partial charge in [-0.3, -0.25) is 0 Å². The molecule has 0 fully saturated rings. The second kappa shape index (κ2) is 8.38. The molecule has 0 aliphatic heterocycles. The first kappa shape index (κ1) is 18.6. The average Bonchev–Trinajstić information content (AvgIpc) is 2.56. The van der Waals surface area contributed by atoms with Gasteiger partial charge in [-0.05, 0) is 23.3 Å². The van der Waals surface area contributed by atoms with Crippen LogP contribution in [0.5, 0.6) is 5.75 Å². The van der Waals surface area contributed by atoms with Crippen molar-refractivity contribution in [3.05, 3.63) is 42.0 Å². The Balaban J connectivity index is 2.22. The van der Waals surface area contributed by atoms with Crippen molar-refractivity contribution in [2.24, 2.45) is 5.73 Å². The van der Waals surface area contributed by atoms with Gasteiger partial charge in [-0.25, -0.2) is 0 Å². The molecule has 0 aliphatic carbocycles. The molecule has 0 radical (unpaired) electrons. The highest BCUT2D eigenvalue weighted by Gasteiger charge is 2.40. The summed E-state index contributed by atoms with van der Waals surface area (Å²) >= 11 is 0. The Labute approximate surface area is 140 Å². The molecule has 0 heterocycles. The summed E-state index contributed by atoms with van der Waals surface area (Å²) in [5.41, 5.74) is 5.53. The number of hydrogen-bond acceptors (Lipinski definition) is 2. The van der Waals surface area contributed by atoms with E-state index < -0.39 is 12.2 Å². The summed E-state index contributed by atoms with van der Waals surface area (Å²) in [6.07, 6.45) is 0.766. The Morgan fingerprint density at radius 2 is 1.71 bits per heavy atom. The van der Waals surface area contributed by atoms with E-state index in [1.807, 2.05) is 0 Å². The van der Waals surface area contributed by atoms with Crippen molar-refractivity contribution in [3.8, 4) is 5.75 Å². The van der Waals surface area contributed by atoms with Gasteiger partial charge in [0, 0.05) is 5.56 Å². The van der Waals surface area contributed by atoms with Crippen LogP contribution in [0.2, 0.25) is 0 Å². The standard InChI is InChI=1S/C19H24F3NO/c1-2-3-4-5-8-13-24-16-12-11-14-9-6-7-10-15(14)17(16)18(23)19(20,21)22/h6-7,9-12,18H,2-5,8,13,23H2,1H3/t18-/m0/s1. The van der Waals surface area contributed by atoms with E-state index in [1.165, 1.54) is 6.42 Å². The monoisotopic (exact) mass is 339 g/mol. The summed E-state index contributed by atoms with van der Waals surface area (Å²) in [4.78, 5) is 0. The van der Waals surface area contributed by atoms with Gasteiger partial charge in [0.1, 0.15) is 11.8 Å². The van der Waals surface area contributed by atoms with Crippen molar-refractivity contribution in [1.29, 1.82) is 0 Å². The second-order valence-electron chi connectivity index (χ2n) is 5.98. The minimum absolute atomic E-state index is 0.0224. The predicted molar refractivity (Wildman–Crippen MR) is 91.2 cm³/mol. The molecule has 2 aromatic carbocycles. The van der Waals surface area contributed by atoms with Crippen molar-refractivity contribution < 1.29 is 17.9 Å². The molecular weight excluding hydrogens is 315 g/mol. The number of fused-ring (bicyclic) bond motifs is 1. The molecule has 0 aromatic heterocycles. The summed E-state index contributed by atoms with van der Waals surface area (Å²) in [5, 5.41) is 1.22. The molecule has 0 aliphatic rings. The van der Waals surface area contributed by atoms with E-state index in [9.17, 15) is 13.2 Å². The van der Waals surface area contributed by atoms with Crippen LogP contribution in [0.3, 0.4) is 0 Å². The van der Waals surface area contributed by atoms with Crippen molar-refractivity contribution >= 4 is 10.8 Å². The van der Waals surface area contributed by atoms with Gasteiger partial charge in [0.15, 0.2) is 0 Å². The molecule has 2 aromatic rings. The Morgan fingerprint density at radius 3 is 2.42 bits per heavy atom. The Kier molecular flexibility index (Phi) is 6.49. The number of hydrogen-bond donors (Lipinski definition) is 1. The van der Waals surface area contributed by atoms with Crippen LogP contribution in [0.4, 0.5) is 13.2 Å². The number of alkyl halides is 3. The lowest BCUT2D eigenvalue weighted by Crippen LogP contribution is -2.29. The topological polar surface area (TPSA) is 35.2 Å². The summed E-state index contributed by atoms with van der Waals surface area (Å²) in [6, 6.07) is 8.24. The number of benzene rings is 2. The molecule has 5 heteroatoms. The van der Waals surface area contributed by atoms with Crippen molar-refractivity contribution in [3.63, 3.8) is 0 Å². The third kappa shape index (κ3) is 4.63. The molecule has 0 saturated heterocycles. The van der Waals surface area contributed by atoms with E-state index in [-0.39, 0.29) is 11.3 Å². The SMILES string of the molecule is CCCCCCCOc1ccc2ccccc2c1[C@H](N)C(F)(F)F. The first-order valence-corrected chi connectivity index (χ1v) is 8.42. The van der Waals surface area contributed by atoms with Crippen LogP contribution in [-0.4, -0.2) is 12.8 Å². The molecular formula is C19H24F3NO. The normalized spacial score (nSPS) is 13.2. The van der Waals surface area contributed by atoms with Gasteiger partial charge in [-0.2, -0.15) is 13.2 Å². The molecule has 0 saturated carbocycles. The lowest BCUT2D eigenvalue weighted by molar-refractivity contribution is -0.149. The largest absolute Gasteiger partial charge is 0.493 e. The summed E-state index contributed by atoms with van der Waals surface area (Å²) in [6.45, 7) is 2.54. The first-order chi connectivity index (χ1) is 11.4. The van der Waals surface area contributed by atoms with Crippen LogP contribution in [0, 0.1) is 0 Å². The molecule has 2 nitrogen and oxygen atoms in total. The van der Waals surface area contributed by atoms with Crippen LogP contribution in [0.15, 0.2) is 36.4 Å². The zero-order valence-corrected chi connectivity index (χ0v) is 13.9. The van der Waals surface area contributed by atoms with E-state index in [1.54, 1.807) is 36.4 Å². The Morgan fingerprint density at radius 1 is 1.00 bits per heavy atom. The van der Waals surface area contributed by atoms with Gasteiger partial charge < -0.3 is 10.5 Å². The lowest BCUT2D eigenvalue weighted by Gasteiger charge is -2.21. The molecule has 1 atom stereocenters. The predicted octanol–water partition coefficient (Wildman–Crippen LogP) is 5.75. The zero-order valence-electron chi connectivity index (χ0n) is 13.9. The molecule has 0 bridgehead atoms. The van der Waals surface area contributed by atoms with Gasteiger partial charge in [0.25, 0.3) is 0 Å². The number of rotatable bonds is 8. The van der Waals surface area contributed by atoms with Crippen LogP contribution in [-0.2, 0) is 0 Å². The average molecular weight is 339 g/mol. The highest BCUT2D eigenvalue weighted by molar-refractivity contribution is 5.88. The van der Waals surface area contributed by atoms with Gasteiger partial charge >= 0.3 is 6.18 Å².